The largest absolute Gasteiger partial charge is 0.458 e. The lowest BCUT2D eigenvalue weighted by atomic mass is 10.0. The normalized spacial score (nSPS) is 12.8. The predicted molar refractivity (Wildman–Crippen MR) is 185 cm³/mol. The lowest BCUT2D eigenvalue weighted by Gasteiger charge is -2.34. The quantitative estimate of drug-likeness (QED) is 0.0725. The van der Waals surface area contributed by atoms with Crippen molar-refractivity contribution in [2.24, 2.45) is 0 Å². The first-order valence-corrected chi connectivity index (χ1v) is 16.1. The molecule has 0 fully saturated rings. The van der Waals surface area contributed by atoms with Gasteiger partial charge in [-0.05, 0) is 60.7 Å². The van der Waals surface area contributed by atoms with Crippen molar-refractivity contribution in [2.45, 2.75) is 24.4 Å². The van der Waals surface area contributed by atoms with Gasteiger partial charge < -0.3 is 23.7 Å². The minimum Gasteiger partial charge on any atom is -0.458 e. The maximum atomic E-state index is 13.7. The molecule has 0 aromatic heterocycles. The number of hydrogen-bond acceptors (Lipinski definition) is 11. The summed E-state index contributed by atoms with van der Waals surface area (Å²) in [4.78, 5) is 80.0. The van der Waals surface area contributed by atoms with Gasteiger partial charge in [0.25, 0.3) is 0 Å². The van der Waals surface area contributed by atoms with Gasteiger partial charge in [0.05, 0.1) is 27.8 Å². The highest BCUT2D eigenvalue weighted by Crippen LogP contribution is 2.24. The number of rotatable bonds is 15. The van der Waals surface area contributed by atoms with Crippen LogP contribution in [0.4, 0.5) is 0 Å². The molecule has 4 atom stereocenters. The van der Waals surface area contributed by atoms with Crippen molar-refractivity contribution in [2.75, 3.05) is 6.61 Å². The Kier molecular flexibility index (Phi) is 12.7. The van der Waals surface area contributed by atoms with Crippen molar-refractivity contribution in [3.63, 3.8) is 0 Å². The zero-order valence-electron chi connectivity index (χ0n) is 27.5. The Hall–Kier alpha value is -6.88. The summed E-state index contributed by atoms with van der Waals surface area (Å²) in [5, 5.41) is 0. The van der Waals surface area contributed by atoms with Crippen LogP contribution in [0.1, 0.15) is 51.8 Å². The minimum atomic E-state index is -1.95. The molecule has 0 spiro atoms. The Morgan fingerprint density at radius 2 is 0.712 bits per heavy atom. The third-order valence-corrected chi connectivity index (χ3v) is 7.56. The summed E-state index contributed by atoms with van der Waals surface area (Å²) in [5.74, 6) is -4.71. The summed E-state index contributed by atoms with van der Waals surface area (Å²) >= 11 is 0. The molecular formula is C41H32O11. The van der Waals surface area contributed by atoms with Gasteiger partial charge in [-0.2, -0.15) is 0 Å². The van der Waals surface area contributed by atoms with Crippen molar-refractivity contribution in [1.82, 2.24) is 0 Å². The molecular weight excluding hydrogens is 668 g/mol. The molecule has 0 amide bonds. The van der Waals surface area contributed by atoms with Gasteiger partial charge in [0.15, 0.2) is 30.7 Å². The third kappa shape index (κ3) is 9.85. The Morgan fingerprint density at radius 1 is 0.404 bits per heavy atom. The highest BCUT2D eigenvalue weighted by molar-refractivity contribution is 5.93. The maximum Gasteiger partial charge on any atom is 0.338 e. The number of benzene rings is 5. The Labute approximate surface area is 298 Å². The van der Waals surface area contributed by atoms with Crippen LogP contribution in [0.2, 0.25) is 0 Å². The molecule has 0 saturated heterocycles. The van der Waals surface area contributed by atoms with Gasteiger partial charge in [-0.15, -0.1) is 0 Å². The molecule has 5 aromatic rings. The summed E-state index contributed by atoms with van der Waals surface area (Å²) in [6.07, 6.45) is -7.33. The van der Waals surface area contributed by atoms with Gasteiger partial charge in [-0.1, -0.05) is 91.0 Å². The second-order valence-electron chi connectivity index (χ2n) is 11.1. The van der Waals surface area contributed by atoms with Gasteiger partial charge in [-0.25, -0.2) is 24.0 Å². The molecule has 5 rings (SSSR count). The van der Waals surface area contributed by atoms with Gasteiger partial charge in [0.2, 0.25) is 0 Å². The van der Waals surface area contributed by atoms with Crippen LogP contribution in [0.15, 0.2) is 152 Å². The lowest BCUT2D eigenvalue weighted by Crippen LogP contribution is -2.54. The monoisotopic (exact) mass is 700 g/mol. The van der Waals surface area contributed by atoms with Crippen LogP contribution in [-0.4, -0.2) is 67.2 Å². The number of carbonyl (C=O) groups excluding carboxylic acids is 6. The van der Waals surface area contributed by atoms with Crippen LogP contribution in [-0.2, 0) is 28.5 Å². The predicted octanol–water partition coefficient (Wildman–Crippen LogP) is 5.94. The molecule has 0 bridgehead atoms. The standard InChI is InChI=1S/C41H32O11/c42-26-33(49-38(44)29-18-8-2-9-19-29)35(51-40(46)31-22-12-4-13-23-31)36(52-41(47)32-24-14-5-15-25-32)34(50-39(45)30-20-10-3-11-21-30)27-48-37(43)28-16-6-1-7-17-28/h1-26,33-36H,27H2/t33-,34+,35+,36-/m0/s1. The highest BCUT2D eigenvalue weighted by Gasteiger charge is 2.45. The molecule has 0 aliphatic heterocycles. The average molecular weight is 701 g/mol. The van der Waals surface area contributed by atoms with E-state index in [1.165, 1.54) is 60.7 Å². The molecule has 262 valence electrons. The van der Waals surface area contributed by atoms with Crippen LogP contribution in [0.25, 0.3) is 0 Å². The minimum absolute atomic E-state index is 0.0352. The fraction of sp³-hybridized carbons (Fsp3) is 0.122. The molecule has 0 N–H and O–H groups in total. The molecule has 5 aromatic carbocycles. The number of aldehydes is 1. The van der Waals surface area contributed by atoms with Crippen LogP contribution >= 0.6 is 0 Å². The fourth-order valence-electron chi connectivity index (χ4n) is 4.94. The SMILES string of the molecule is O=C[C@H](OC(=O)c1ccccc1)[C@@H](OC(=O)c1ccccc1)[C@@H](OC(=O)c1ccccc1)[C@@H](COC(=O)c1ccccc1)OC(=O)c1ccccc1. The summed E-state index contributed by atoms with van der Waals surface area (Å²) in [6, 6.07) is 38.7. The van der Waals surface area contributed by atoms with E-state index in [1.807, 2.05) is 0 Å². The molecule has 11 nitrogen and oxygen atoms in total. The summed E-state index contributed by atoms with van der Waals surface area (Å²) in [5.41, 5.74) is 0.370. The number of carbonyl (C=O) groups is 6. The second-order valence-corrected chi connectivity index (χ2v) is 11.1. The van der Waals surface area contributed by atoms with Crippen LogP contribution in [0.5, 0.6) is 0 Å². The Balaban J connectivity index is 1.59. The van der Waals surface area contributed by atoms with E-state index in [9.17, 15) is 28.8 Å². The zero-order chi connectivity index (χ0) is 36.7. The Morgan fingerprint density at radius 3 is 1.08 bits per heavy atom. The Bertz CT molecular complexity index is 1950. The lowest BCUT2D eigenvalue weighted by molar-refractivity contribution is -0.143. The van der Waals surface area contributed by atoms with Gasteiger partial charge >= 0.3 is 29.8 Å². The zero-order valence-corrected chi connectivity index (χ0v) is 27.5. The van der Waals surface area contributed by atoms with E-state index in [2.05, 4.69) is 0 Å². The van der Waals surface area contributed by atoms with E-state index in [4.69, 9.17) is 23.7 Å². The molecule has 52 heavy (non-hydrogen) atoms. The average Bonchev–Trinajstić information content (AvgIpc) is 3.21. The van der Waals surface area contributed by atoms with Gasteiger partial charge in [0.1, 0.15) is 6.61 Å². The third-order valence-electron chi connectivity index (χ3n) is 7.56. The maximum absolute atomic E-state index is 13.7. The second kappa shape index (κ2) is 18.2. The molecule has 0 unspecified atom stereocenters. The van der Waals surface area contributed by atoms with E-state index in [0.29, 0.717) is 0 Å². The van der Waals surface area contributed by atoms with E-state index in [1.54, 1.807) is 91.0 Å². The highest BCUT2D eigenvalue weighted by atomic mass is 16.6. The number of hydrogen-bond donors (Lipinski definition) is 0. The van der Waals surface area contributed by atoms with E-state index in [0.717, 1.165) is 0 Å². The first kappa shape index (κ1) is 36.4. The van der Waals surface area contributed by atoms with Crippen molar-refractivity contribution in [1.29, 1.82) is 0 Å². The molecule has 0 radical (unpaired) electrons. The summed E-state index contributed by atoms with van der Waals surface area (Å²) in [6.45, 7) is -0.753. The van der Waals surface area contributed by atoms with Crippen molar-refractivity contribution in [3.05, 3.63) is 179 Å². The van der Waals surface area contributed by atoms with E-state index in [-0.39, 0.29) is 34.1 Å². The van der Waals surface area contributed by atoms with Crippen LogP contribution in [0, 0.1) is 0 Å². The first-order chi connectivity index (χ1) is 25.3. The molecule has 0 aliphatic rings. The molecule has 0 heterocycles. The smallest absolute Gasteiger partial charge is 0.338 e. The topological polar surface area (TPSA) is 149 Å². The fourth-order valence-corrected chi connectivity index (χ4v) is 4.94. The molecule has 11 heteroatoms. The first-order valence-electron chi connectivity index (χ1n) is 16.1. The van der Waals surface area contributed by atoms with E-state index >= 15 is 0 Å². The van der Waals surface area contributed by atoms with Crippen molar-refractivity contribution < 1.29 is 52.5 Å². The van der Waals surface area contributed by atoms with E-state index < -0.39 is 60.9 Å². The van der Waals surface area contributed by atoms with Crippen LogP contribution < -0.4 is 0 Å². The van der Waals surface area contributed by atoms with Crippen LogP contribution in [0.3, 0.4) is 0 Å². The summed E-state index contributed by atoms with van der Waals surface area (Å²) in [7, 11) is 0. The summed E-state index contributed by atoms with van der Waals surface area (Å²) < 4.78 is 28.7. The molecule has 0 aliphatic carbocycles. The van der Waals surface area contributed by atoms with Gasteiger partial charge in [-0.3, -0.25) is 4.79 Å². The van der Waals surface area contributed by atoms with Crippen molar-refractivity contribution >= 4 is 36.1 Å². The number of ether oxygens (including phenoxy) is 5. The van der Waals surface area contributed by atoms with Gasteiger partial charge in [0, 0.05) is 0 Å². The molecule has 0 saturated carbocycles. The van der Waals surface area contributed by atoms with Crippen molar-refractivity contribution in [3.8, 4) is 0 Å². The number of esters is 5.